The van der Waals surface area contributed by atoms with Crippen molar-refractivity contribution in [3.63, 3.8) is 0 Å². The molecule has 37 heavy (non-hydrogen) atoms. The lowest BCUT2D eigenvalue weighted by atomic mass is 9.99. The number of piperidine rings is 1. The van der Waals surface area contributed by atoms with E-state index in [9.17, 15) is 9.59 Å². The molecule has 3 rings (SSSR count). The molecule has 1 aliphatic heterocycles. The molecule has 2 aromatic rings. The largest absolute Gasteiger partial charge is 0.385 e. The number of carbonyl (C=O) groups is 2. The number of halogens is 1. The van der Waals surface area contributed by atoms with Crippen molar-refractivity contribution in [1.82, 2.24) is 20.1 Å². The summed E-state index contributed by atoms with van der Waals surface area (Å²) >= 11 is 7.59. The molecule has 1 aliphatic rings. The Morgan fingerprint density at radius 1 is 1.38 bits per heavy atom. The van der Waals surface area contributed by atoms with Crippen molar-refractivity contribution in [3.05, 3.63) is 50.4 Å². The summed E-state index contributed by atoms with van der Waals surface area (Å²) in [6.45, 7) is 8.63. The maximum absolute atomic E-state index is 13.1. The molecule has 3 heterocycles. The van der Waals surface area contributed by atoms with Crippen molar-refractivity contribution in [3.8, 4) is 0 Å². The summed E-state index contributed by atoms with van der Waals surface area (Å²) in [6.07, 6.45) is 2.46. The zero-order valence-electron chi connectivity index (χ0n) is 21.5. The Kier molecular flexibility index (Phi) is 10.5. The van der Waals surface area contributed by atoms with E-state index in [0.717, 1.165) is 43.5 Å². The van der Waals surface area contributed by atoms with E-state index in [1.165, 1.54) is 0 Å². The molecule has 1 atom stereocenters. The molecule has 0 radical (unpaired) electrons. The Balaban J connectivity index is 1.52. The second-order valence-electron chi connectivity index (χ2n) is 9.40. The Bertz CT molecular complexity index is 1090. The minimum absolute atomic E-state index is 0.0446. The average Bonchev–Trinajstić information content (AvgIpc) is 3.35. The zero-order chi connectivity index (χ0) is 26.9. The Morgan fingerprint density at radius 2 is 2.11 bits per heavy atom. The van der Waals surface area contributed by atoms with E-state index in [1.54, 1.807) is 24.3 Å². The molecule has 2 aromatic heterocycles. The van der Waals surface area contributed by atoms with Gasteiger partial charge < -0.3 is 20.9 Å². The van der Waals surface area contributed by atoms with Crippen LogP contribution >= 0.6 is 22.9 Å². The van der Waals surface area contributed by atoms with Gasteiger partial charge in [-0.25, -0.2) is 4.98 Å². The van der Waals surface area contributed by atoms with E-state index in [2.05, 4.69) is 32.4 Å². The smallest absolute Gasteiger partial charge is 0.253 e. The first-order valence-electron chi connectivity index (χ1n) is 12.3. The number of nitrogens with two attached hydrogens (primary N) is 1. The Morgan fingerprint density at radius 3 is 2.73 bits per heavy atom. The zero-order valence-corrected chi connectivity index (χ0v) is 23.1. The first-order valence-corrected chi connectivity index (χ1v) is 13.7. The van der Waals surface area contributed by atoms with Crippen LogP contribution in [0.1, 0.15) is 59.8 Å². The first kappa shape index (κ1) is 28.7. The number of carbonyl (C=O) groups excluding carboxylic acids is 2. The van der Waals surface area contributed by atoms with E-state index < -0.39 is 0 Å². The minimum Gasteiger partial charge on any atom is -0.385 e. The fraction of sp³-hybridized carbons (Fsp3) is 0.520. The lowest BCUT2D eigenvalue weighted by Crippen LogP contribution is -2.50. The highest BCUT2D eigenvalue weighted by Crippen LogP contribution is 2.23. The molecule has 0 unspecified atom stereocenters. The van der Waals surface area contributed by atoms with Crippen LogP contribution in [0, 0.1) is 19.4 Å². The molecule has 1 fully saturated rings. The lowest BCUT2D eigenvalue weighted by molar-refractivity contribution is -0.134. The third-order valence-electron chi connectivity index (χ3n) is 6.77. The Hall–Kier alpha value is -2.89. The number of hydrogen-bond donors (Lipinski definition) is 3. The third kappa shape index (κ3) is 8.05. The van der Waals surface area contributed by atoms with Crippen LogP contribution < -0.4 is 11.1 Å². The van der Waals surface area contributed by atoms with Gasteiger partial charge in [0.1, 0.15) is 11.0 Å². The van der Waals surface area contributed by atoms with Gasteiger partial charge in [0.2, 0.25) is 5.91 Å². The number of nitrogens with zero attached hydrogens (tertiary/aromatic N) is 5. The van der Waals surface area contributed by atoms with Gasteiger partial charge in [-0.2, -0.15) is 16.9 Å². The maximum atomic E-state index is 13.1. The van der Waals surface area contributed by atoms with Crippen LogP contribution in [-0.2, 0) is 11.3 Å². The number of rotatable bonds is 11. The molecule has 0 aliphatic carbocycles. The molecule has 10 nitrogen and oxygen atoms in total. The van der Waals surface area contributed by atoms with Crippen LogP contribution in [-0.4, -0.2) is 64.2 Å². The molecular formula is C25H35ClN8O2S. The van der Waals surface area contributed by atoms with E-state index in [4.69, 9.17) is 22.9 Å². The SMILES string of the molecule is Cc1cc(Cl)nc(C)c1C(=O)NCC[C@@H](C)N1CCC(N(Cc2ccsc2)C(=O)CC(N)=NN=N)CC1. The highest BCUT2D eigenvalue weighted by molar-refractivity contribution is 7.07. The topological polar surface area (TPSA) is 140 Å². The number of likely N-dealkylation sites (tertiary alicyclic amines) is 1. The molecule has 0 bridgehead atoms. The van der Waals surface area contributed by atoms with Crippen LogP contribution in [0.5, 0.6) is 0 Å². The first-order chi connectivity index (χ1) is 17.7. The van der Waals surface area contributed by atoms with E-state index in [-0.39, 0.29) is 36.2 Å². The summed E-state index contributed by atoms with van der Waals surface area (Å²) < 4.78 is 0. The summed E-state index contributed by atoms with van der Waals surface area (Å²) in [5.41, 5.74) is 15.7. The Labute approximate surface area is 226 Å². The quantitative estimate of drug-likeness (QED) is 0.128. The molecule has 2 amide bonds. The van der Waals surface area contributed by atoms with Gasteiger partial charge in [0.25, 0.3) is 5.91 Å². The van der Waals surface area contributed by atoms with Gasteiger partial charge >= 0.3 is 0 Å². The summed E-state index contributed by atoms with van der Waals surface area (Å²) in [7, 11) is 0. The van der Waals surface area contributed by atoms with Crippen LogP contribution in [0.2, 0.25) is 5.15 Å². The monoisotopic (exact) mass is 546 g/mol. The third-order valence-corrected chi connectivity index (χ3v) is 7.69. The van der Waals surface area contributed by atoms with Gasteiger partial charge in [-0.3, -0.25) is 9.59 Å². The predicted molar refractivity (Wildman–Crippen MR) is 146 cm³/mol. The van der Waals surface area contributed by atoms with Gasteiger partial charge in [0, 0.05) is 38.3 Å². The fourth-order valence-electron chi connectivity index (χ4n) is 4.79. The number of nitrogens with one attached hydrogen (secondary N) is 2. The summed E-state index contributed by atoms with van der Waals surface area (Å²) in [6, 6.07) is 4.11. The summed E-state index contributed by atoms with van der Waals surface area (Å²) in [4.78, 5) is 34.3. The highest BCUT2D eigenvalue weighted by Gasteiger charge is 2.30. The van der Waals surface area contributed by atoms with Gasteiger partial charge in [0.05, 0.1) is 17.7 Å². The predicted octanol–water partition coefficient (Wildman–Crippen LogP) is 4.11. The van der Waals surface area contributed by atoms with E-state index in [1.807, 2.05) is 28.7 Å². The van der Waals surface area contributed by atoms with Gasteiger partial charge in [0.15, 0.2) is 0 Å². The second-order valence-corrected chi connectivity index (χ2v) is 10.6. The molecule has 4 N–H and O–H groups in total. The number of hydrogen-bond acceptors (Lipinski definition) is 7. The van der Waals surface area contributed by atoms with Crippen molar-refractivity contribution in [1.29, 1.82) is 5.53 Å². The molecule has 1 saturated heterocycles. The molecule has 0 aromatic carbocycles. The van der Waals surface area contributed by atoms with Crippen molar-refractivity contribution in [2.75, 3.05) is 19.6 Å². The van der Waals surface area contributed by atoms with Crippen LogP contribution in [0.3, 0.4) is 0 Å². The van der Waals surface area contributed by atoms with Crippen molar-refractivity contribution < 1.29 is 9.59 Å². The van der Waals surface area contributed by atoms with Crippen LogP contribution in [0.4, 0.5) is 0 Å². The molecular weight excluding hydrogens is 512 g/mol. The second kappa shape index (κ2) is 13.6. The van der Waals surface area contributed by atoms with Crippen molar-refractivity contribution in [2.24, 2.45) is 16.1 Å². The number of aromatic nitrogens is 1. The van der Waals surface area contributed by atoms with E-state index in [0.29, 0.717) is 29.5 Å². The average molecular weight is 547 g/mol. The number of amides is 2. The lowest BCUT2D eigenvalue weighted by Gasteiger charge is -2.41. The maximum Gasteiger partial charge on any atom is 0.253 e. The normalized spacial score (nSPS) is 15.8. The molecule has 0 spiro atoms. The molecule has 200 valence electrons. The standard InChI is InChI=1S/C25H35ClN8O2S/c1-16-12-21(26)30-18(3)24(16)25(36)29-8-4-17(2)33-9-5-20(6-10-33)34(14-19-7-11-37-15-19)23(35)13-22(27)31-32-28/h7,11-12,15,17,20H,4-6,8-10,13-14H2,1-3H3,(H,29,36)(H3,27,28,31)/t17-/m1/s1. The van der Waals surface area contributed by atoms with Crippen molar-refractivity contribution >= 4 is 40.6 Å². The van der Waals surface area contributed by atoms with Gasteiger partial charge in [-0.05, 0) is 74.1 Å². The number of pyridine rings is 1. The van der Waals surface area contributed by atoms with Crippen LogP contribution in [0.25, 0.3) is 0 Å². The minimum atomic E-state index is -0.131. The van der Waals surface area contributed by atoms with Gasteiger partial charge in [-0.1, -0.05) is 16.8 Å². The molecule has 0 saturated carbocycles. The van der Waals surface area contributed by atoms with Gasteiger partial charge in [-0.15, -0.1) is 5.10 Å². The van der Waals surface area contributed by atoms with Crippen molar-refractivity contribution in [2.45, 2.75) is 65.1 Å². The number of aryl methyl sites for hydroxylation is 2. The summed E-state index contributed by atoms with van der Waals surface area (Å²) in [5, 5.41) is 13.9. The van der Waals surface area contributed by atoms with E-state index >= 15 is 0 Å². The van der Waals surface area contributed by atoms with Crippen LogP contribution in [0.15, 0.2) is 33.2 Å². The number of thiophene rings is 1. The highest BCUT2D eigenvalue weighted by atomic mass is 35.5. The fourth-order valence-corrected chi connectivity index (χ4v) is 5.74. The summed E-state index contributed by atoms with van der Waals surface area (Å²) in [5.74, 6) is -0.190. The number of amidine groups is 1. The molecule has 12 heteroatoms.